The van der Waals surface area contributed by atoms with Crippen LogP contribution < -0.4 is 10.6 Å². The number of allylic oxidation sites excluding steroid dienone is 3. The molecule has 2 heterocycles. The number of anilines is 1. The molecule has 1 atom stereocenters. The first-order chi connectivity index (χ1) is 15.3. The molecule has 1 aliphatic heterocycles. The van der Waals surface area contributed by atoms with Gasteiger partial charge in [-0.25, -0.2) is 0 Å². The molecule has 2 aliphatic rings. The van der Waals surface area contributed by atoms with Crippen molar-refractivity contribution in [1.82, 2.24) is 5.32 Å². The van der Waals surface area contributed by atoms with Crippen molar-refractivity contribution in [1.29, 1.82) is 5.26 Å². The molecular weight excluding hydrogens is 446 g/mol. The number of ketones is 1. The maximum absolute atomic E-state index is 13.1. The lowest BCUT2D eigenvalue weighted by Gasteiger charge is -2.38. The van der Waals surface area contributed by atoms with Crippen LogP contribution in [-0.4, -0.2) is 17.4 Å². The van der Waals surface area contributed by atoms with Crippen LogP contribution in [0.15, 0.2) is 69.0 Å². The molecule has 4 rings (SSSR count). The van der Waals surface area contributed by atoms with Crippen molar-refractivity contribution >= 4 is 40.7 Å². The lowest BCUT2D eigenvalue weighted by molar-refractivity contribution is -0.118. The summed E-state index contributed by atoms with van der Waals surface area (Å²) >= 11 is 7.13. The summed E-state index contributed by atoms with van der Waals surface area (Å²) in [7, 11) is 0. The van der Waals surface area contributed by atoms with E-state index in [1.54, 1.807) is 36.4 Å². The molecule has 2 aromatic rings. The highest BCUT2D eigenvalue weighted by Crippen LogP contribution is 2.47. The number of nitrogens with zero attached hydrogens (tertiary/aromatic N) is 1. The quantitative estimate of drug-likeness (QED) is 0.613. The fourth-order valence-corrected chi connectivity index (χ4v) is 5.09. The summed E-state index contributed by atoms with van der Waals surface area (Å²) in [6.45, 7) is 4.10. The summed E-state index contributed by atoms with van der Waals surface area (Å²) in [6, 6.07) is 12.6. The van der Waals surface area contributed by atoms with Crippen molar-refractivity contribution in [3.63, 3.8) is 0 Å². The molecule has 32 heavy (non-hydrogen) atoms. The van der Waals surface area contributed by atoms with Crippen LogP contribution in [0.3, 0.4) is 0 Å². The second kappa shape index (κ2) is 8.89. The molecule has 0 saturated heterocycles. The molecule has 6 nitrogen and oxygen atoms in total. The third kappa shape index (κ3) is 4.62. The lowest BCUT2D eigenvalue weighted by atomic mass is 9.70. The van der Waals surface area contributed by atoms with Crippen molar-refractivity contribution < 1.29 is 14.0 Å². The van der Waals surface area contributed by atoms with Crippen LogP contribution in [0.5, 0.6) is 0 Å². The van der Waals surface area contributed by atoms with Crippen molar-refractivity contribution in [2.75, 3.05) is 11.1 Å². The van der Waals surface area contributed by atoms with E-state index < -0.39 is 5.92 Å². The molecule has 0 radical (unpaired) electrons. The lowest BCUT2D eigenvalue weighted by Crippen LogP contribution is -2.37. The van der Waals surface area contributed by atoms with Gasteiger partial charge in [-0.3, -0.25) is 9.59 Å². The van der Waals surface area contributed by atoms with E-state index in [-0.39, 0.29) is 22.9 Å². The van der Waals surface area contributed by atoms with Gasteiger partial charge >= 0.3 is 0 Å². The van der Waals surface area contributed by atoms with Crippen LogP contribution in [0.2, 0.25) is 5.02 Å². The molecule has 0 spiro atoms. The van der Waals surface area contributed by atoms with E-state index in [1.807, 2.05) is 13.8 Å². The summed E-state index contributed by atoms with van der Waals surface area (Å²) < 4.78 is 5.62. The largest absolute Gasteiger partial charge is 0.468 e. The number of nitrogens with one attached hydrogen (secondary N) is 2. The first kappa shape index (κ1) is 22.3. The minimum atomic E-state index is -0.573. The Bertz CT molecular complexity index is 1160. The zero-order chi connectivity index (χ0) is 22.9. The predicted octanol–water partition coefficient (Wildman–Crippen LogP) is 5.37. The number of hydrogen-bond donors (Lipinski definition) is 2. The van der Waals surface area contributed by atoms with Crippen LogP contribution >= 0.6 is 23.4 Å². The number of furan rings is 1. The molecule has 0 saturated carbocycles. The van der Waals surface area contributed by atoms with Gasteiger partial charge < -0.3 is 15.1 Å². The standard InChI is InChI=1S/C24H22ClN3O3S/c1-24(2)10-17-22(18(29)11-24)21(19-4-3-9-31-19)16(12-26)23(28-17)32-13-20(30)27-15-7-5-14(25)6-8-15/h3-9,21,28H,10-11,13H2,1-2H3,(H,27,30). The Morgan fingerprint density at radius 2 is 2.06 bits per heavy atom. The molecule has 1 aromatic carbocycles. The van der Waals surface area contributed by atoms with Gasteiger partial charge in [-0.1, -0.05) is 37.2 Å². The van der Waals surface area contributed by atoms with Crippen LogP contribution in [-0.2, 0) is 9.59 Å². The Morgan fingerprint density at radius 3 is 2.72 bits per heavy atom. The number of nitriles is 1. The monoisotopic (exact) mass is 467 g/mol. The second-order valence-corrected chi connectivity index (χ2v) is 10.0. The maximum Gasteiger partial charge on any atom is 0.234 e. The molecule has 164 valence electrons. The number of dihydropyridines is 1. The number of rotatable bonds is 5. The summed E-state index contributed by atoms with van der Waals surface area (Å²) in [4.78, 5) is 25.6. The van der Waals surface area contributed by atoms with E-state index in [9.17, 15) is 14.9 Å². The summed E-state index contributed by atoms with van der Waals surface area (Å²) in [5, 5.41) is 17.3. The molecule has 8 heteroatoms. The minimum absolute atomic E-state index is 0.0161. The van der Waals surface area contributed by atoms with Crippen LogP contribution in [0.4, 0.5) is 5.69 Å². The molecule has 1 amide bonds. The van der Waals surface area contributed by atoms with Crippen molar-refractivity contribution in [2.24, 2.45) is 5.41 Å². The molecular formula is C24H22ClN3O3S. The zero-order valence-corrected chi connectivity index (χ0v) is 19.3. The van der Waals surface area contributed by atoms with Crippen molar-refractivity contribution in [2.45, 2.75) is 32.6 Å². The first-order valence-electron chi connectivity index (χ1n) is 10.2. The molecule has 1 aliphatic carbocycles. The molecule has 1 aromatic heterocycles. The van der Waals surface area contributed by atoms with E-state index in [0.717, 1.165) is 5.70 Å². The number of carbonyl (C=O) groups excluding carboxylic acids is 2. The first-order valence-corrected chi connectivity index (χ1v) is 11.5. The Morgan fingerprint density at radius 1 is 1.31 bits per heavy atom. The maximum atomic E-state index is 13.1. The fourth-order valence-electron chi connectivity index (χ4n) is 4.10. The van der Waals surface area contributed by atoms with Crippen molar-refractivity contribution in [3.8, 4) is 6.07 Å². The number of benzene rings is 1. The van der Waals surface area contributed by atoms with Gasteiger partial charge in [0, 0.05) is 28.4 Å². The Hall–Kier alpha value is -2.95. The molecule has 2 N–H and O–H groups in total. The number of thioether (sulfide) groups is 1. The van der Waals surface area contributed by atoms with E-state index in [2.05, 4.69) is 16.7 Å². The SMILES string of the molecule is CC1(C)CC(=O)C2=C(C1)NC(SCC(=O)Nc1ccc(Cl)cc1)=C(C#N)C2c1ccco1. The number of Topliss-reactive ketones (excluding diaryl/α,β-unsaturated/α-hetero) is 1. The Kier molecular flexibility index (Phi) is 6.18. The Balaban J connectivity index is 1.60. The molecule has 0 fully saturated rings. The van der Waals surface area contributed by atoms with Crippen LogP contribution in [0, 0.1) is 16.7 Å². The number of amides is 1. The summed E-state index contributed by atoms with van der Waals surface area (Å²) in [5.41, 5.74) is 2.22. The predicted molar refractivity (Wildman–Crippen MR) is 125 cm³/mol. The van der Waals surface area contributed by atoms with Crippen molar-refractivity contribution in [3.05, 3.63) is 75.3 Å². The van der Waals surface area contributed by atoms with Gasteiger partial charge in [0.05, 0.1) is 34.6 Å². The molecule has 0 bridgehead atoms. The third-order valence-electron chi connectivity index (χ3n) is 5.43. The minimum Gasteiger partial charge on any atom is -0.468 e. The van der Waals surface area contributed by atoms with Gasteiger partial charge in [-0.05, 0) is 48.2 Å². The van der Waals surface area contributed by atoms with Crippen LogP contribution in [0.1, 0.15) is 38.4 Å². The third-order valence-corrected chi connectivity index (χ3v) is 6.70. The highest BCUT2D eigenvalue weighted by Gasteiger charge is 2.42. The second-order valence-electron chi connectivity index (χ2n) is 8.60. The summed E-state index contributed by atoms with van der Waals surface area (Å²) in [5.74, 6) is -0.120. The average Bonchev–Trinajstić information content (AvgIpc) is 3.26. The summed E-state index contributed by atoms with van der Waals surface area (Å²) in [6.07, 6.45) is 2.62. The average molecular weight is 468 g/mol. The van der Waals surface area contributed by atoms with Gasteiger partial charge in [0.2, 0.25) is 5.91 Å². The zero-order valence-electron chi connectivity index (χ0n) is 17.7. The van der Waals surface area contributed by atoms with Gasteiger partial charge in [0.15, 0.2) is 5.78 Å². The van der Waals surface area contributed by atoms with Gasteiger partial charge in [0.1, 0.15) is 5.76 Å². The topological polar surface area (TPSA) is 95.1 Å². The van der Waals surface area contributed by atoms with E-state index in [0.29, 0.717) is 45.5 Å². The highest BCUT2D eigenvalue weighted by molar-refractivity contribution is 8.03. The van der Waals surface area contributed by atoms with E-state index in [4.69, 9.17) is 16.0 Å². The smallest absolute Gasteiger partial charge is 0.234 e. The number of carbonyl (C=O) groups is 2. The fraction of sp³-hybridized carbons (Fsp3) is 0.292. The number of halogens is 1. The van der Waals surface area contributed by atoms with E-state index >= 15 is 0 Å². The van der Waals surface area contributed by atoms with Gasteiger partial charge in [-0.2, -0.15) is 5.26 Å². The normalized spacial score (nSPS) is 19.8. The highest BCUT2D eigenvalue weighted by atomic mass is 35.5. The molecule has 1 unspecified atom stereocenters. The van der Waals surface area contributed by atoms with Crippen LogP contribution in [0.25, 0.3) is 0 Å². The van der Waals surface area contributed by atoms with E-state index in [1.165, 1.54) is 18.0 Å². The number of hydrogen-bond acceptors (Lipinski definition) is 6. The van der Waals surface area contributed by atoms with Gasteiger partial charge in [0.25, 0.3) is 0 Å². The Labute approximate surface area is 195 Å². The van der Waals surface area contributed by atoms with Gasteiger partial charge in [-0.15, -0.1) is 0 Å².